The summed E-state index contributed by atoms with van der Waals surface area (Å²) in [5, 5.41) is 0. The average Bonchev–Trinajstić information content (AvgIpc) is 2.54. The minimum absolute atomic E-state index is 0.0773. The molecule has 0 N–H and O–H groups in total. The van der Waals surface area contributed by atoms with Gasteiger partial charge in [-0.1, -0.05) is 26.0 Å². The highest BCUT2D eigenvalue weighted by Crippen LogP contribution is 2.27. The largest absolute Gasteiger partial charge is 0.494 e. The van der Waals surface area contributed by atoms with Crippen molar-refractivity contribution in [3.05, 3.63) is 54.1 Å². The quantitative estimate of drug-likeness (QED) is 0.681. The maximum absolute atomic E-state index is 11.9. The van der Waals surface area contributed by atoms with E-state index in [0.717, 1.165) is 12.2 Å². The van der Waals surface area contributed by atoms with Crippen molar-refractivity contribution in [3.63, 3.8) is 0 Å². The number of hydrogen-bond acceptors (Lipinski definition) is 3. The number of carbonyl (C=O) groups is 1. The van der Waals surface area contributed by atoms with Gasteiger partial charge in [0.15, 0.2) is 5.78 Å². The predicted octanol–water partition coefficient (Wildman–Crippen LogP) is 4.86. The molecule has 0 aliphatic rings. The van der Waals surface area contributed by atoms with Gasteiger partial charge in [-0.25, -0.2) is 0 Å². The summed E-state index contributed by atoms with van der Waals surface area (Å²) in [4.78, 5) is 11.9. The third-order valence-corrected chi connectivity index (χ3v) is 3.03. The third kappa shape index (κ3) is 4.09. The molecule has 21 heavy (non-hydrogen) atoms. The van der Waals surface area contributed by atoms with Gasteiger partial charge in [0.2, 0.25) is 0 Å². The van der Waals surface area contributed by atoms with Crippen molar-refractivity contribution in [2.45, 2.75) is 26.7 Å². The fourth-order valence-corrected chi connectivity index (χ4v) is 1.93. The number of ether oxygens (including phenoxy) is 2. The molecule has 2 aromatic carbocycles. The molecule has 0 fully saturated rings. The molecule has 0 atom stereocenters. The Morgan fingerprint density at radius 2 is 1.62 bits per heavy atom. The summed E-state index contributed by atoms with van der Waals surface area (Å²) in [5.74, 6) is 2.18. The van der Waals surface area contributed by atoms with Crippen LogP contribution in [0.15, 0.2) is 48.5 Å². The lowest BCUT2D eigenvalue weighted by molar-refractivity contribution is 0.0986. The van der Waals surface area contributed by atoms with Gasteiger partial charge in [-0.3, -0.25) is 4.79 Å². The van der Waals surface area contributed by atoms with Gasteiger partial charge in [0, 0.05) is 6.42 Å². The van der Waals surface area contributed by atoms with Crippen LogP contribution in [0.4, 0.5) is 0 Å². The summed E-state index contributed by atoms with van der Waals surface area (Å²) in [7, 11) is 0. The zero-order valence-corrected chi connectivity index (χ0v) is 12.5. The van der Waals surface area contributed by atoms with E-state index < -0.39 is 0 Å². The van der Waals surface area contributed by atoms with Gasteiger partial charge in [0.25, 0.3) is 0 Å². The number of benzene rings is 2. The van der Waals surface area contributed by atoms with E-state index in [4.69, 9.17) is 9.47 Å². The zero-order chi connectivity index (χ0) is 15.1. The first-order chi connectivity index (χ1) is 10.2. The number of rotatable bonds is 7. The Morgan fingerprint density at radius 3 is 2.29 bits per heavy atom. The fourth-order valence-electron chi connectivity index (χ4n) is 1.93. The lowest BCUT2D eigenvalue weighted by Gasteiger charge is -2.10. The Kier molecular flexibility index (Phi) is 5.38. The van der Waals surface area contributed by atoms with Crippen LogP contribution in [0.2, 0.25) is 0 Å². The van der Waals surface area contributed by atoms with E-state index in [1.165, 1.54) is 0 Å². The van der Waals surface area contributed by atoms with Crippen LogP contribution in [-0.2, 0) is 0 Å². The molecule has 2 aromatic rings. The molecule has 0 spiro atoms. The lowest BCUT2D eigenvalue weighted by atomic mass is 10.1. The molecule has 0 amide bonds. The molecule has 0 unspecified atom stereocenters. The van der Waals surface area contributed by atoms with Crippen LogP contribution in [0.1, 0.15) is 37.0 Å². The van der Waals surface area contributed by atoms with Crippen LogP contribution in [0.3, 0.4) is 0 Å². The van der Waals surface area contributed by atoms with E-state index in [9.17, 15) is 4.79 Å². The Bertz CT molecular complexity index is 588. The molecule has 0 saturated carbocycles. The summed E-state index contributed by atoms with van der Waals surface area (Å²) in [6, 6.07) is 14.7. The van der Waals surface area contributed by atoms with Gasteiger partial charge >= 0.3 is 0 Å². The predicted molar refractivity (Wildman–Crippen MR) is 83.4 cm³/mol. The van der Waals surface area contributed by atoms with Crippen LogP contribution in [0.25, 0.3) is 0 Å². The van der Waals surface area contributed by atoms with E-state index in [2.05, 4.69) is 6.92 Å². The van der Waals surface area contributed by atoms with Gasteiger partial charge in [-0.15, -0.1) is 0 Å². The minimum Gasteiger partial charge on any atom is -0.494 e. The molecule has 3 heteroatoms. The molecule has 0 aromatic heterocycles. The average molecular weight is 284 g/mol. The van der Waals surface area contributed by atoms with Gasteiger partial charge in [-0.2, -0.15) is 0 Å². The van der Waals surface area contributed by atoms with Gasteiger partial charge in [0.1, 0.15) is 17.2 Å². The molecule has 0 radical (unpaired) electrons. The summed E-state index contributed by atoms with van der Waals surface area (Å²) in [6.07, 6.45) is 1.44. The highest BCUT2D eigenvalue weighted by atomic mass is 16.5. The maximum atomic E-state index is 11.9. The second-order valence-corrected chi connectivity index (χ2v) is 4.69. The molecule has 110 valence electrons. The molecular formula is C18H20O3. The zero-order valence-electron chi connectivity index (χ0n) is 12.5. The smallest absolute Gasteiger partial charge is 0.166 e. The SMILES string of the molecule is CCCOc1ccc(Oc2ccccc2C(=O)CC)cc1. The van der Waals surface area contributed by atoms with Crippen molar-refractivity contribution < 1.29 is 14.3 Å². The van der Waals surface area contributed by atoms with Gasteiger partial charge in [-0.05, 0) is 42.8 Å². The molecule has 0 bridgehead atoms. The highest BCUT2D eigenvalue weighted by molar-refractivity contribution is 5.98. The van der Waals surface area contributed by atoms with E-state index in [0.29, 0.717) is 30.1 Å². The van der Waals surface area contributed by atoms with Crippen molar-refractivity contribution in [3.8, 4) is 17.2 Å². The second kappa shape index (κ2) is 7.48. The van der Waals surface area contributed by atoms with E-state index in [1.54, 1.807) is 6.07 Å². The molecule has 0 aliphatic carbocycles. The number of Topliss-reactive ketones (excluding diaryl/α,β-unsaturated/α-hetero) is 1. The molecule has 3 nitrogen and oxygen atoms in total. The van der Waals surface area contributed by atoms with Crippen molar-refractivity contribution in [2.75, 3.05) is 6.61 Å². The van der Waals surface area contributed by atoms with Crippen LogP contribution < -0.4 is 9.47 Å². The fraction of sp³-hybridized carbons (Fsp3) is 0.278. The topological polar surface area (TPSA) is 35.5 Å². The summed E-state index contributed by atoms with van der Waals surface area (Å²) >= 11 is 0. The van der Waals surface area contributed by atoms with E-state index in [1.807, 2.05) is 49.4 Å². The van der Waals surface area contributed by atoms with Crippen molar-refractivity contribution in [2.24, 2.45) is 0 Å². The Morgan fingerprint density at radius 1 is 0.952 bits per heavy atom. The molecule has 2 rings (SSSR count). The van der Waals surface area contributed by atoms with Crippen LogP contribution in [0, 0.1) is 0 Å². The molecule has 0 heterocycles. The molecule has 0 aliphatic heterocycles. The minimum atomic E-state index is 0.0773. The Labute approximate surface area is 125 Å². The second-order valence-electron chi connectivity index (χ2n) is 4.69. The summed E-state index contributed by atoms with van der Waals surface area (Å²) < 4.78 is 11.3. The van der Waals surface area contributed by atoms with Crippen molar-refractivity contribution in [1.82, 2.24) is 0 Å². The summed E-state index contributed by atoms with van der Waals surface area (Å²) in [5.41, 5.74) is 0.617. The van der Waals surface area contributed by atoms with Crippen LogP contribution >= 0.6 is 0 Å². The Hall–Kier alpha value is -2.29. The highest BCUT2D eigenvalue weighted by Gasteiger charge is 2.10. The Balaban J connectivity index is 2.13. The maximum Gasteiger partial charge on any atom is 0.166 e. The van der Waals surface area contributed by atoms with Gasteiger partial charge in [0.05, 0.1) is 12.2 Å². The number of para-hydroxylation sites is 1. The summed E-state index contributed by atoms with van der Waals surface area (Å²) in [6.45, 7) is 4.62. The van der Waals surface area contributed by atoms with Crippen molar-refractivity contribution in [1.29, 1.82) is 0 Å². The van der Waals surface area contributed by atoms with E-state index in [-0.39, 0.29) is 5.78 Å². The lowest BCUT2D eigenvalue weighted by Crippen LogP contribution is -2.00. The first-order valence-corrected chi connectivity index (χ1v) is 7.27. The van der Waals surface area contributed by atoms with Crippen LogP contribution in [-0.4, -0.2) is 12.4 Å². The monoisotopic (exact) mass is 284 g/mol. The number of hydrogen-bond donors (Lipinski definition) is 0. The number of carbonyl (C=O) groups excluding carboxylic acids is 1. The number of ketones is 1. The van der Waals surface area contributed by atoms with Crippen molar-refractivity contribution >= 4 is 5.78 Å². The standard InChI is InChI=1S/C18H20O3/c1-3-13-20-14-9-11-15(12-10-14)21-18-8-6-5-7-16(18)17(19)4-2/h5-12H,3-4,13H2,1-2H3. The third-order valence-electron chi connectivity index (χ3n) is 3.03. The first-order valence-electron chi connectivity index (χ1n) is 7.27. The van der Waals surface area contributed by atoms with Crippen LogP contribution in [0.5, 0.6) is 17.2 Å². The van der Waals surface area contributed by atoms with E-state index >= 15 is 0 Å². The van der Waals surface area contributed by atoms with Gasteiger partial charge < -0.3 is 9.47 Å². The molecule has 0 saturated heterocycles. The normalized spacial score (nSPS) is 10.2. The first kappa shape index (κ1) is 15.1. The molecular weight excluding hydrogens is 264 g/mol.